The molecule has 156 valence electrons. The van der Waals surface area contributed by atoms with Crippen LogP contribution in [0.3, 0.4) is 0 Å². The number of hydrogen-bond acceptors (Lipinski definition) is 6. The Kier molecular flexibility index (Phi) is 5.94. The molecule has 0 unspecified atom stereocenters. The second-order valence-corrected chi connectivity index (χ2v) is 8.70. The number of nitrogens with one attached hydrogen (secondary N) is 1. The number of non-ortho nitro benzene ring substituents is 1. The Morgan fingerprint density at radius 2 is 2.00 bits per heavy atom. The number of carbonyl (C=O) groups is 1. The van der Waals surface area contributed by atoms with E-state index in [1.54, 1.807) is 17.4 Å². The quantitative estimate of drug-likeness (QED) is 0.457. The molecule has 30 heavy (non-hydrogen) atoms. The summed E-state index contributed by atoms with van der Waals surface area (Å²) >= 11 is 1.63. The minimum absolute atomic E-state index is 0.0449. The first-order valence-corrected chi connectivity index (χ1v) is 11.0. The highest BCUT2D eigenvalue weighted by Gasteiger charge is 2.22. The molecule has 1 atom stereocenters. The van der Waals surface area contributed by atoms with Crippen LogP contribution in [0.5, 0.6) is 0 Å². The fourth-order valence-corrected chi connectivity index (χ4v) is 4.78. The zero-order valence-electron chi connectivity index (χ0n) is 16.8. The van der Waals surface area contributed by atoms with E-state index in [-0.39, 0.29) is 17.5 Å². The molecule has 7 nitrogen and oxygen atoms in total. The fraction of sp³-hybridized carbons (Fsp3) is 0.364. The standard InChI is InChI=1S/C22H24N4O3S/c1-15(22-24-18-7-3-4-8-20(18)30-22)14-23-21(27)17-13-16(26(28)29)9-10-19(17)25-11-5-2-6-12-25/h3-4,7-10,13,15H,2,5-6,11-12,14H2,1H3,(H,23,27)/t15-/m1/s1. The van der Waals surface area contributed by atoms with Crippen molar-refractivity contribution in [2.24, 2.45) is 0 Å². The van der Waals surface area contributed by atoms with Crippen LogP contribution in [0.4, 0.5) is 11.4 Å². The number of hydrogen-bond donors (Lipinski definition) is 1. The largest absolute Gasteiger partial charge is 0.371 e. The van der Waals surface area contributed by atoms with E-state index in [2.05, 4.69) is 15.2 Å². The number of rotatable bonds is 6. The van der Waals surface area contributed by atoms with Crippen LogP contribution in [-0.2, 0) is 0 Å². The molecule has 8 heteroatoms. The molecule has 1 saturated heterocycles. The van der Waals surface area contributed by atoms with Gasteiger partial charge in [-0.05, 0) is 37.5 Å². The van der Waals surface area contributed by atoms with Crippen LogP contribution in [0.2, 0.25) is 0 Å². The van der Waals surface area contributed by atoms with Crippen molar-refractivity contribution in [2.45, 2.75) is 32.1 Å². The number of para-hydroxylation sites is 1. The summed E-state index contributed by atoms with van der Waals surface area (Å²) in [5.41, 5.74) is 2.02. The third-order valence-electron chi connectivity index (χ3n) is 5.43. The van der Waals surface area contributed by atoms with Crippen LogP contribution >= 0.6 is 11.3 Å². The molecular formula is C22H24N4O3S. The molecule has 1 N–H and O–H groups in total. The predicted octanol–water partition coefficient (Wildman–Crippen LogP) is 4.73. The van der Waals surface area contributed by atoms with Gasteiger partial charge in [-0.15, -0.1) is 11.3 Å². The van der Waals surface area contributed by atoms with Crippen LogP contribution in [-0.4, -0.2) is 35.4 Å². The molecule has 0 saturated carbocycles. The third-order valence-corrected chi connectivity index (χ3v) is 6.70. The van der Waals surface area contributed by atoms with E-state index in [1.165, 1.54) is 18.6 Å². The molecule has 3 aromatic rings. The number of piperidine rings is 1. The minimum atomic E-state index is -0.458. The Morgan fingerprint density at radius 1 is 1.23 bits per heavy atom. The number of anilines is 1. The summed E-state index contributed by atoms with van der Waals surface area (Å²) in [5, 5.41) is 15.2. The molecule has 1 aromatic heterocycles. The Labute approximate surface area is 178 Å². The molecular weight excluding hydrogens is 400 g/mol. The number of nitro benzene ring substituents is 1. The second kappa shape index (κ2) is 8.79. The van der Waals surface area contributed by atoms with Gasteiger partial charge >= 0.3 is 0 Å². The molecule has 0 bridgehead atoms. The maximum absolute atomic E-state index is 13.0. The Balaban J connectivity index is 1.52. The van der Waals surface area contributed by atoms with E-state index in [9.17, 15) is 14.9 Å². The Bertz CT molecular complexity index is 1040. The molecule has 2 heterocycles. The minimum Gasteiger partial charge on any atom is -0.371 e. The number of amides is 1. The van der Waals surface area contributed by atoms with Crippen LogP contribution < -0.4 is 10.2 Å². The number of nitrogens with zero attached hydrogens (tertiary/aromatic N) is 3. The van der Waals surface area contributed by atoms with Gasteiger partial charge in [0.1, 0.15) is 0 Å². The molecule has 1 aliphatic heterocycles. The second-order valence-electron chi connectivity index (χ2n) is 7.64. The van der Waals surface area contributed by atoms with Crippen molar-refractivity contribution in [2.75, 3.05) is 24.5 Å². The predicted molar refractivity (Wildman–Crippen MR) is 120 cm³/mol. The average molecular weight is 425 g/mol. The summed E-state index contributed by atoms with van der Waals surface area (Å²) in [4.78, 5) is 30.6. The lowest BCUT2D eigenvalue weighted by molar-refractivity contribution is -0.384. The summed E-state index contributed by atoms with van der Waals surface area (Å²) in [7, 11) is 0. The zero-order chi connectivity index (χ0) is 21.1. The van der Waals surface area contributed by atoms with Crippen molar-refractivity contribution < 1.29 is 9.72 Å². The maximum atomic E-state index is 13.0. The Hall–Kier alpha value is -3.00. The summed E-state index contributed by atoms with van der Waals surface area (Å²) in [6.45, 7) is 4.16. The molecule has 1 fully saturated rings. The molecule has 0 spiro atoms. The summed E-state index contributed by atoms with van der Waals surface area (Å²) in [6.07, 6.45) is 3.30. The fourth-order valence-electron chi connectivity index (χ4n) is 3.76. The van der Waals surface area contributed by atoms with Gasteiger partial charge in [0.2, 0.25) is 0 Å². The van der Waals surface area contributed by atoms with Gasteiger partial charge < -0.3 is 10.2 Å². The Morgan fingerprint density at radius 3 is 2.73 bits per heavy atom. The van der Waals surface area contributed by atoms with Crippen molar-refractivity contribution in [3.8, 4) is 0 Å². The lowest BCUT2D eigenvalue weighted by Crippen LogP contribution is -2.33. The highest BCUT2D eigenvalue weighted by molar-refractivity contribution is 7.18. The SMILES string of the molecule is C[C@H](CNC(=O)c1cc([N+](=O)[O-])ccc1N1CCCCC1)c1nc2ccccc2s1. The van der Waals surface area contributed by atoms with Gasteiger partial charge in [0, 0.05) is 37.7 Å². The van der Waals surface area contributed by atoms with E-state index in [0.29, 0.717) is 12.1 Å². The monoisotopic (exact) mass is 424 g/mol. The molecule has 2 aromatic carbocycles. The van der Waals surface area contributed by atoms with Gasteiger partial charge in [-0.1, -0.05) is 19.1 Å². The first-order valence-electron chi connectivity index (χ1n) is 10.2. The maximum Gasteiger partial charge on any atom is 0.270 e. The average Bonchev–Trinajstić information content (AvgIpc) is 3.22. The number of nitro groups is 1. The van der Waals surface area contributed by atoms with Crippen molar-refractivity contribution in [3.63, 3.8) is 0 Å². The van der Waals surface area contributed by atoms with Crippen LogP contribution in [0.1, 0.15) is 47.5 Å². The van der Waals surface area contributed by atoms with E-state index >= 15 is 0 Å². The van der Waals surface area contributed by atoms with Crippen LogP contribution in [0, 0.1) is 10.1 Å². The number of fused-ring (bicyclic) bond motifs is 1. The third kappa shape index (κ3) is 4.28. The van der Waals surface area contributed by atoms with Crippen molar-refractivity contribution in [1.82, 2.24) is 10.3 Å². The smallest absolute Gasteiger partial charge is 0.270 e. The van der Waals surface area contributed by atoms with Crippen molar-refractivity contribution >= 4 is 38.8 Å². The highest BCUT2D eigenvalue weighted by atomic mass is 32.1. The molecule has 0 radical (unpaired) electrons. The van der Waals surface area contributed by atoms with Crippen molar-refractivity contribution in [3.05, 3.63) is 63.1 Å². The van der Waals surface area contributed by atoms with Crippen LogP contribution in [0.15, 0.2) is 42.5 Å². The topological polar surface area (TPSA) is 88.4 Å². The van der Waals surface area contributed by atoms with Gasteiger partial charge in [-0.3, -0.25) is 14.9 Å². The summed E-state index contributed by atoms with van der Waals surface area (Å²) in [6, 6.07) is 12.5. The highest BCUT2D eigenvalue weighted by Crippen LogP contribution is 2.29. The van der Waals surface area contributed by atoms with E-state index < -0.39 is 4.92 Å². The normalized spacial score (nSPS) is 15.2. The van der Waals surface area contributed by atoms with Crippen LogP contribution in [0.25, 0.3) is 10.2 Å². The molecule has 0 aliphatic carbocycles. The van der Waals surface area contributed by atoms with Gasteiger partial charge in [-0.2, -0.15) is 0 Å². The van der Waals surface area contributed by atoms with Crippen molar-refractivity contribution in [1.29, 1.82) is 0 Å². The van der Waals surface area contributed by atoms with E-state index in [0.717, 1.165) is 46.8 Å². The van der Waals surface area contributed by atoms with Gasteiger partial charge in [0.15, 0.2) is 0 Å². The summed E-state index contributed by atoms with van der Waals surface area (Å²) < 4.78 is 1.12. The summed E-state index contributed by atoms with van der Waals surface area (Å²) in [5.74, 6) is -0.240. The first-order chi connectivity index (χ1) is 14.5. The van der Waals surface area contributed by atoms with Gasteiger partial charge in [0.25, 0.3) is 11.6 Å². The molecule has 1 aliphatic rings. The number of benzene rings is 2. The van der Waals surface area contributed by atoms with E-state index in [4.69, 9.17) is 0 Å². The number of carbonyl (C=O) groups excluding carboxylic acids is 1. The molecule has 1 amide bonds. The van der Waals surface area contributed by atoms with E-state index in [1.807, 2.05) is 31.2 Å². The van der Waals surface area contributed by atoms with Gasteiger partial charge in [-0.25, -0.2) is 4.98 Å². The first kappa shape index (κ1) is 20.3. The number of aromatic nitrogens is 1. The zero-order valence-corrected chi connectivity index (χ0v) is 17.7. The number of thiazole rings is 1. The lowest BCUT2D eigenvalue weighted by atomic mass is 10.1. The lowest BCUT2D eigenvalue weighted by Gasteiger charge is -2.30. The van der Waals surface area contributed by atoms with Gasteiger partial charge in [0.05, 0.1) is 31.4 Å². The molecule has 4 rings (SSSR count).